The Labute approximate surface area is 220 Å². The van der Waals surface area contributed by atoms with E-state index in [1.807, 2.05) is 54.6 Å². The Morgan fingerprint density at radius 3 is 2.14 bits per heavy atom. The average Bonchev–Trinajstić information content (AvgIpc) is 2.90. The van der Waals surface area contributed by atoms with Crippen LogP contribution in [0.15, 0.2) is 88.2 Å². The second kappa shape index (κ2) is 13.3. The Bertz CT molecular complexity index is 1250. The van der Waals surface area contributed by atoms with Crippen LogP contribution in [0.2, 0.25) is 0 Å². The van der Waals surface area contributed by atoms with E-state index in [1.165, 1.54) is 19.2 Å². The maximum atomic E-state index is 12.9. The van der Waals surface area contributed by atoms with Crippen molar-refractivity contribution in [2.75, 3.05) is 13.7 Å². The van der Waals surface area contributed by atoms with Crippen LogP contribution in [0.1, 0.15) is 24.8 Å². The van der Waals surface area contributed by atoms with Crippen molar-refractivity contribution < 1.29 is 22.7 Å². The third-order valence-electron chi connectivity index (χ3n) is 5.60. The monoisotopic (exact) mass is 572 g/mol. The number of hydrogen-bond donors (Lipinski definition) is 2. The standard InChI is InChI=1S/C27H29BrN2O5S/c1-35-27(32)25(8-5-19-29-26(31)18-9-20-6-3-2-4-7-20)30-36(33,34)24-16-12-22(13-17-24)21-10-14-23(28)15-11-21/h2-4,6-7,10-17,25,30H,5,8-9,18-19H2,1H3,(H,29,31)/t25-/m0/s1. The van der Waals surface area contributed by atoms with Gasteiger partial charge in [-0.05, 0) is 60.2 Å². The molecule has 1 amide bonds. The summed E-state index contributed by atoms with van der Waals surface area (Å²) in [6.45, 7) is 0.324. The first-order chi connectivity index (χ1) is 17.3. The van der Waals surface area contributed by atoms with E-state index in [9.17, 15) is 18.0 Å². The molecule has 0 fully saturated rings. The lowest BCUT2D eigenvalue weighted by Gasteiger charge is -2.17. The highest BCUT2D eigenvalue weighted by molar-refractivity contribution is 9.10. The molecule has 0 aliphatic rings. The molecule has 190 valence electrons. The van der Waals surface area contributed by atoms with Gasteiger partial charge in [-0.25, -0.2) is 8.42 Å². The molecule has 0 aliphatic heterocycles. The van der Waals surface area contributed by atoms with Crippen LogP contribution in [0.3, 0.4) is 0 Å². The molecular weight excluding hydrogens is 544 g/mol. The van der Waals surface area contributed by atoms with E-state index in [1.54, 1.807) is 12.1 Å². The second-order valence-corrected chi connectivity index (χ2v) is 10.8. The van der Waals surface area contributed by atoms with E-state index in [2.05, 4.69) is 26.0 Å². The molecule has 3 rings (SSSR count). The van der Waals surface area contributed by atoms with Gasteiger partial charge in [0.2, 0.25) is 15.9 Å². The number of nitrogens with one attached hydrogen (secondary N) is 2. The maximum absolute atomic E-state index is 12.9. The third kappa shape index (κ3) is 8.29. The van der Waals surface area contributed by atoms with Crippen LogP contribution in [0, 0.1) is 0 Å². The quantitative estimate of drug-likeness (QED) is 0.246. The molecule has 3 aromatic carbocycles. The lowest BCUT2D eigenvalue weighted by atomic mass is 10.1. The van der Waals surface area contributed by atoms with Crippen molar-refractivity contribution >= 4 is 37.8 Å². The third-order valence-corrected chi connectivity index (χ3v) is 7.62. The van der Waals surface area contributed by atoms with Crippen LogP contribution in [0.25, 0.3) is 11.1 Å². The second-order valence-electron chi connectivity index (χ2n) is 8.21. The summed E-state index contributed by atoms with van der Waals surface area (Å²) >= 11 is 3.40. The smallest absolute Gasteiger partial charge is 0.323 e. The lowest BCUT2D eigenvalue weighted by molar-refractivity contribution is -0.142. The number of carbonyl (C=O) groups is 2. The molecule has 0 radical (unpaired) electrons. The fourth-order valence-corrected chi connectivity index (χ4v) is 5.10. The Morgan fingerprint density at radius 2 is 1.53 bits per heavy atom. The van der Waals surface area contributed by atoms with E-state index < -0.39 is 22.0 Å². The number of sulfonamides is 1. The minimum atomic E-state index is -3.96. The van der Waals surface area contributed by atoms with Gasteiger partial charge >= 0.3 is 5.97 Å². The summed E-state index contributed by atoms with van der Waals surface area (Å²) in [6.07, 6.45) is 1.58. The molecular formula is C27H29BrN2O5S. The van der Waals surface area contributed by atoms with Crippen molar-refractivity contribution in [1.29, 1.82) is 0 Å². The van der Waals surface area contributed by atoms with Crippen molar-refractivity contribution in [3.8, 4) is 11.1 Å². The lowest BCUT2D eigenvalue weighted by Crippen LogP contribution is -2.42. The first-order valence-corrected chi connectivity index (χ1v) is 13.8. The van der Waals surface area contributed by atoms with Gasteiger partial charge in [-0.3, -0.25) is 9.59 Å². The summed E-state index contributed by atoms with van der Waals surface area (Å²) in [5, 5.41) is 2.81. The Morgan fingerprint density at radius 1 is 0.917 bits per heavy atom. The van der Waals surface area contributed by atoms with Gasteiger partial charge in [-0.15, -0.1) is 0 Å². The van der Waals surface area contributed by atoms with Gasteiger partial charge in [0, 0.05) is 17.4 Å². The highest BCUT2D eigenvalue weighted by Gasteiger charge is 2.26. The van der Waals surface area contributed by atoms with Crippen molar-refractivity contribution in [2.45, 2.75) is 36.6 Å². The Hall–Kier alpha value is -3.01. The van der Waals surface area contributed by atoms with Gasteiger partial charge in [0.25, 0.3) is 0 Å². The van der Waals surface area contributed by atoms with Gasteiger partial charge in [-0.1, -0.05) is 70.5 Å². The molecule has 9 heteroatoms. The fourth-order valence-electron chi connectivity index (χ4n) is 3.62. The van der Waals surface area contributed by atoms with Crippen LogP contribution < -0.4 is 10.0 Å². The Balaban J connectivity index is 1.53. The minimum Gasteiger partial charge on any atom is -0.468 e. The number of amides is 1. The summed E-state index contributed by atoms with van der Waals surface area (Å²) < 4.78 is 34.0. The first kappa shape index (κ1) is 27.6. The molecule has 7 nitrogen and oxygen atoms in total. The zero-order valence-corrected chi connectivity index (χ0v) is 22.3. The number of aryl methyl sites for hydroxylation is 1. The van der Waals surface area contributed by atoms with Gasteiger partial charge in [0.15, 0.2) is 0 Å². The van der Waals surface area contributed by atoms with Gasteiger partial charge in [0.1, 0.15) is 6.04 Å². The van der Waals surface area contributed by atoms with Crippen molar-refractivity contribution in [3.05, 3.63) is 88.9 Å². The molecule has 0 saturated carbocycles. The molecule has 3 aromatic rings. The summed E-state index contributed by atoms with van der Waals surface area (Å²) in [7, 11) is -2.75. The zero-order chi connectivity index (χ0) is 26.0. The number of carbonyl (C=O) groups excluding carboxylic acids is 2. The first-order valence-electron chi connectivity index (χ1n) is 11.6. The number of hydrogen-bond acceptors (Lipinski definition) is 5. The number of esters is 1. The van der Waals surface area contributed by atoms with E-state index in [4.69, 9.17) is 4.74 Å². The van der Waals surface area contributed by atoms with Crippen LogP contribution in [-0.4, -0.2) is 40.0 Å². The van der Waals surface area contributed by atoms with Crippen molar-refractivity contribution in [1.82, 2.24) is 10.0 Å². The van der Waals surface area contributed by atoms with Crippen molar-refractivity contribution in [2.24, 2.45) is 0 Å². The minimum absolute atomic E-state index is 0.0477. The molecule has 0 saturated heterocycles. The number of halogens is 1. The Kier molecular flexibility index (Phi) is 10.2. The van der Waals surface area contributed by atoms with Crippen LogP contribution in [0.4, 0.5) is 0 Å². The summed E-state index contributed by atoms with van der Waals surface area (Å²) in [5.74, 6) is -0.777. The summed E-state index contributed by atoms with van der Waals surface area (Å²) in [5.41, 5.74) is 2.90. The molecule has 0 bridgehead atoms. The highest BCUT2D eigenvalue weighted by atomic mass is 79.9. The molecule has 0 aromatic heterocycles. The summed E-state index contributed by atoms with van der Waals surface area (Å²) in [6, 6.07) is 22.8. The van der Waals surface area contributed by atoms with Crippen LogP contribution >= 0.6 is 15.9 Å². The topological polar surface area (TPSA) is 102 Å². The average molecular weight is 574 g/mol. The zero-order valence-electron chi connectivity index (χ0n) is 19.9. The summed E-state index contributed by atoms with van der Waals surface area (Å²) in [4.78, 5) is 24.4. The van der Waals surface area contributed by atoms with E-state index in [-0.39, 0.29) is 17.2 Å². The van der Waals surface area contributed by atoms with E-state index in [0.717, 1.165) is 21.2 Å². The molecule has 0 heterocycles. The fraction of sp³-hybridized carbons (Fsp3) is 0.259. The number of methoxy groups -OCH3 is 1. The van der Waals surface area contributed by atoms with Gasteiger partial charge in [-0.2, -0.15) is 4.72 Å². The van der Waals surface area contributed by atoms with E-state index in [0.29, 0.717) is 25.8 Å². The van der Waals surface area contributed by atoms with Crippen LogP contribution in [-0.2, 0) is 30.8 Å². The molecule has 0 aliphatic carbocycles. The number of rotatable bonds is 12. The molecule has 0 spiro atoms. The number of benzene rings is 3. The van der Waals surface area contributed by atoms with E-state index >= 15 is 0 Å². The van der Waals surface area contributed by atoms with Crippen molar-refractivity contribution in [3.63, 3.8) is 0 Å². The predicted molar refractivity (Wildman–Crippen MR) is 143 cm³/mol. The largest absolute Gasteiger partial charge is 0.468 e. The van der Waals surface area contributed by atoms with Gasteiger partial charge < -0.3 is 10.1 Å². The molecule has 1 atom stereocenters. The highest BCUT2D eigenvalue weighted by Crippen LogP contribution is 2.23. The normalized spacial score (nSPS) is 12.1. The maximum Gasteiger partial charge on any atom is 0.323 e. The molecule has 36 heavy (non-hydrogen) atoms. The van der Waals surface area contributed by atoms with Crippen LogP contribution in [0.5, 0.6) is 0 Å². The number of ether oxygens (including phenoxy) is 1. The SMILES string of the molecule is COC(=O)[C@H](CCCNC(=O)CCc1ccccc1)NS(=O)(=O)c1ccc(-c2ccc(Br)cc2)cc1. The van der Waals surface area contributed by atoms with Gasteiger partial charge in [0.05, 0.1) is 12.0 Å². The predicted octanol–water partition coefficient (Wildman–Crippen LogP) is 4.47. The molecule has 0 unspecified atom stereocenters. The molecule has 2 N–H and O–H groups in total.